The highest BCUT2D eigenvalue weighted by molar-refractivity contribution is 5.75. The molecular formula is C15H30N2O. The number of hydrogen-bond donors (Lipinski definition) is 2. The van der Waals surface area contributed by atoms with Crippen LogP contribution in [0.2, 0.25) is 0 Å². The fraction of sp³-hybridized carbons (Fsp3) is 0.933. The third-order valence-electron chi connectivity index (χ3n) is 4.55. The number of amides is 1. The summed E-state index contributed by atoms with van der Waals surface area (Å²) in [5, 5.41) is 3.00. The summed E-state index contributed by atoms with van der Waals surface area (Å²) in [6.45, 7) is 4.78. The molecule has 18 heavy (non-hydrogen) atoms. The van der Waals surface area contributed by atoms with Crippen molar-refractivity contribution in [3.63, 3.8) is 0 Å². The molecule has 3 N–H and O–H groups in total. The quantitative estimate of drug-likeness (QED) is 0.734. The van der Waals surface area contributed by atoms with Crippen molar-refractivity contribution in [2.24, 2.45) is 11.7 Å². The van der Waals surface area contributed by atoms with Gasteiger partial charge in [0.1, 0.15) is 0 Å². The van der Waals surface area contributed by atoms with Gasteiger partial charge in [-0.15, -0.1) is 0 Å². The number of carbonyl (C=O) groups excluding carboxylic acids is 1. The second-order valence-corrected chi connectivity index (χ2v) is 5.89. The predicted octanol–water partition coefficient (Wildman–Crippen LogP) is 2.98. The van der Waals surface area contributed by atoms with Gasteiger partial charge in [-0.05, 0) is 25.2 Å². The molecule has 0 aromatic carbocycles. The van der Waals surface area contributed by atoms with Crippen LogP contribution in [0.25, 0.3) is 0 Å². The van der Waals surface area contributed by atoms with Crippen LogP contribution in [0.4, 0.5) is 0 Å². The molecule has 0 heterocycles. The maximum atomic E-state index is 11.8. The topological polar surface area (TPSA) is 55.1 Å². The molecule has 1 fully saturated rings. The molecule has 0 radical (unpaired) electrons. The van der Waals surface area contributed by atoms with E-state index in [0.717, 1.165) is 25.2 Å². The molecule has 0 aromatic rings. The first-order chi connectivity index (χ1) is 8.59. The molecule has 1 amide bonds. The van der Waals surface area contributed by atoms with Crippen molar-refractivity contribution in [3.8, 4) is 0 Å². The first kappa shape index (κ1) is 15.5. The lowest BCUT2D eigenvalue weighted by molar-refractivity contribution is -0.121. The van der Waals surface area contributed by atoms with Crippen molar-refractivity contribution < 1.29 is 4.79 Å². The molecule has 1 aliphatic carbocycles. The van der Waals surface area contributed by atoms with E-state index >= 15 is 0 Å². The smallest absolute Gasteiger partial charge is 0.220 e. The minimum Gasteiger partial charge on any atom is -0.354 e. The summed E-state index contributed by atoms with van der Waals surface area (Å²) >= 11 is 0. The van der Waals surface area contributed by atoms with Crippen LogP contribution in [-0.2, 0) is 4.79 Å². The lowest BCUT2D eigenvalue weighted by Crippen LogP contribution is -2.49. The number of nitrogens with two attached hydrogens (primary N) is 1. The first-order valence-corrected chi connectivity index (χ1v) is 7.65. The predicted molar refractivity (Wildman–Crippen MR) is 76.3 cm³/mol. The van der Waals surface area contributed by atoms with Crippen molar-refractivity contribution in [1.82, 2.24) is 5.32 Å². The van der Waals surface area contributed by atoms with Crippen LogP contribution in [0.15, 0.2) is 0 Å². The van der Waals surface area contributed by atoms with E-state index in [9.17, 15) is 4.79 Å². The van der Waals surface area contributed by atoms with E-state index in [1.54, 1.807) is 0 Å². The Labute approximate surface area is 112 Å². The maximum Gasteiger partial charge on any atom is 0.220 e. The summed E-state index contributed by atoms with van der Waals surface area (Å²) in [7, 11) is 0. The minimum absolute atomic E-state index is 0.178. The largest absolute Gasteiger partial charge is 0.354 e. The van der Waals surface area contributed by atoms with Crippen molar-refractivity contribution in [2.45, 2.75) is 77.2 Å². The number of rotatable bonds is 7. The van der Waals surface area contributed by atoms with Gasteiger partial charge in [0.2, 0.25) is 5.91 Å². The molecule has 0 aliphatic heterocycles. The van der Waals surface area contributed by atoms with Gasteiger partial charge in [0.15, 0.2) is 0 Å². The highest BCUT2D eigenvalue weighted by Gasteiger charge is 2.21. The minimum atomic E-state index is -0.222. The van der Waals surface area contributed by atoms with Crippen LogP contribution in [0.3, 0.4) is 0 Å². The van der Waals surface area contributed by atoms with Crippen LogP contribution in [0.5, 0.6) is 0 Å². The van der Waals surface area contributed by atoms with Crippen LogP contribution >= 0.6 is 0 Å². The zero-order chi connectivity index (χ0) is 13.4. The van der Waals surface area contributed by atoms with E-state index in [1.807, 2.05) is 0 Å². The first-order valence-electron chi connectivity index (χ1n) is 7.65. The van der Waals surface area contributed by atoms with Crippen LogP contribution in [-0.4, -0.2) is 18.0 Å². The Morgan fingerprint density at radius 2 is 1.83 bits per heavy atom. The second-order valence-electron chi connectivity index (χ2n) is 5.89. The standard InChI is InChI=1S/C15H30N2O/c1-3-15(16,4-2)12-17-14(18)11-10-13-8-6-5-7-9-13/h13H,3-12,16H2,1-2H3,(H,17,18). The number of hydrogen-bond acceptors (Lipinski definition) is 2. The summed E-state index contributed by atoms with van der Waals surface area (Å²) in [5.74, 6) is 0.960. The third-order valence-corrected chi connectivity index (χ3v) is 4.55. The average Bonchev–Trinajstić information content (AvgIpc) is 2.43. The van der Waals surface area contributed by atoms with Gasteiger partial charge in [0, 0.05) is 18.5 Å². The second kappa shape index (κ2) is 7.78. The summed E-state index contributed by atoms with van der Waals surface area (Å²) in [6, 6.07) is 0. The molecule has 0 bridgehead atoms. The molecule has 0 spiro atoms. The third kappa shape index (κ3) is 5.38. The molecule has 106 valence electrons. The van der Waals surface area contributed by atoms with Gasteiger partial charge >= 0.3 is 0 Å². The molecule has 0 saturated heterocycles. The Hall–Kier alpha value is -0.570. The van der Waals surface area contributed by atoms with E-state index < -0.39 is 0 Å². The Morgan fingerprint density at radius 3 is 2.39 bits per heavy atom. The van der Waals surface area contributed by atoms with Gasteiger partial charge in [-0.1, -0.05) is 46.0 Å². The molecule has 3 nitrogen and oxygen atoms in total. The Kier molecular flexibility index (Phi) is 6.69. The monoisotopic (exact) mass is 254 g/mol. The van der Waals surface area contributed by atoms with E-state index in [2.05, 4.69) is 19.2 Å². The van der Waals surface area contributed by atoms with Gasteiger partial charge < -0.3 is 11.1 Å². The molecule has 0 atom stereocenters. The fourth-order valence-electron chi connectivity index (χ4n) is 2.67. The van der Waals surface area contributed by atoms with Crippen LogP contribution in [0.1, 0.15) is 71.6 Å². The lowest BCUT2D eigenvalue weighted by Gasteiger charge is -2.27. The van der Waals surface area contributed by atoms with E-state index in [0.29, 0.717) is 13.0 Å². The summed E-state index contributed by atoms with van der Waals surface area (Å²) < 4.78 is 0. The molecule has 3 heteroatoms. The van der Waals surface area contributed by atoms with E-state index in [4.69, 9.17) is 5.73 Å². The average molecular weight is 254 g/mol. The van der Waals surface area contributed by atoms with E-state index in [1.165, 1.54) is 32.1 Å². The van der Waals surface area contributed by atoms with Crippen molar-refractivity contribution in [3.05, 3.63) is 0 Å². The van der Waals surface area contributed by atoms with Crippen molar-refractivity contribution >= 4 is 5.91 Å². The molecular weight excluding hydrogens is 224 g/mol. The molecule has 1 aliphatic rings. The van der Waals surface area contributed by atoms with Gasteiger partial charge in [0.05, 0.1) is 0 Å². The molecule has 1 rings (SSSR count). The summed E-state index contributed by atoms with van der Waals surface area (Å²) in [5.41, 5.74) is 5.95. The van der Waals surface area contributed by atoms with Crippen molar-refractivity contribution in [2.75, 3.05) is 6.54 Å². The highest BCUT2D eigenvalue weighted by Crippen LogP contribution is 2.27. The SMILES string of the molecule is CCC(N)(CC)CNC(=O)CCC1CCCCC1. The molecule has 0 unspecified atom stereocenters. The Morgan fingerprint density at radius 1 is 1.22 bits per heavy atom. The van der Waals surface area contributed by atoms with Crippen molar-refractivity contribution in [1.29, 1.82) is 0 Å². The van der Waals surface area contributed by atoms with Gasteiger partial charge in [-0.2, -0.15) is 0 Å². The van der Waals surface area contributed by atoms with Gasteiger partial charge in [-0.3, -0.25) is 4.79 Å². The van der Waals surface area contributed by atoms with Crippen LogP contribution in [0, 0.1) is 5.92 Å². The zero-order valence-corrected chi connectivity index (χ0v) is 12.1. The number of nitrogens with one attached hydrogen (secondary N) is 1. The molecule has 1 saturated carbocycles. The maximum absolute atomic E-state index is 11.8. The number of carbonyl (C=O) groups is 1. The van der Waals surface area contributed by atoms with E-state index in [-0.39, 0.29) is 11.4 Å². The Balaban J connectivity index is 2.17. The summed E-state index contributed by atoms with van der Waals surface area (Å²) in [4.78, 5) is 11.8. The van der Waals surface area contributed by atoms with Crippen LogP contribution < -0.4 is 11.1 Å². The highest BCUT2D eigenvalue weighted by atomic mass is 16.1. The summed E-state index contributed by atoms with van der Waals surface area (Å²) in [6.07, 6.45) is 10.3. The lowest BCUT2D eigenvalue weighted by atomic mass is 9.86. The normalized spacial score (nSPS) is 17.7. The molecule has 0 aromatic heterocycles. The Bertz CT molecular complexity index is 243. The zero-order valence-electron chi connectivity index (χ0n) is 12.1. The van der Waals surface area contributed by atoms with Gasteiger partial charge in [0.25, 0.3) is 0 Å². The fourth-order valence-corrected chi connectivity index (χ4v) is 2.67. The van der Waals surface area contributed by atoms with Gasteiger partial charge in [-0.25, -0.2) is 0 Å².